The zero-order valence-corrected chi connectivity index (χ0v) is 20.4. The fourth-order valence-corrected chi connectivity index (χ4v) is 5.10. The number of fused-ring (bicyclic) bond motifs is 3. The standard InChI is InChI=1S/C26H30FN5O4/c1-17(33)31-12-10-30(11-13-31)9-8-29(2)26(35)32-25(18-4-3-5-20(34)14-18)22-16-36-23-7-6-19(27)15-21(23)24(22)28-32/h3-7,14-15,22,25,34H,8-13,16H2,1-2H3. The summed E-state index contributed by atoms with van der Waals surface area (Å²) < 4.78 is 20.0. The third-order valence-corrected chi connectivity index (χ3v) is 7.15. The highest BCUT2D eigenvalue weighted by atomic mass is 19.1. The number of nitrogens with zero attached hydrogens (tertiary/aromatic N) is 5. The number of phenols is 1. The molecule has 190 valence electrons. The summed E-state index contributed by atoms with van der Waals surface area (Å²) in [5, 5.41) is 16.3. The van der Waals surface area contributed by atoms with Crippen molar-refractivity contribution >= 4 is 17.6 Å². The van der Waals surface area contributed by atoms with E-state index in [0.29, 0.717) is 43.2 Å². The molecule has 1 saturated heterocycles. The Morgan fingerprint density at radius 1 is 1.17 bits per heavy atom. The predicted octanol–water partition coefficient (Wildman–Crippen LogP) is 2.52. The molecule has 0 saturated carbocycles. The van der Waals surface area contributed by atoms with Crippen LogP contribution in [0.5, 0.6) is 11.5 Å². The van der Waals surface area contributed by atoms with Crippen LogP contribution in [0, 0.1) is 11.7 Å². The van der Waals surface area contributed by atoms with Crippen molar-refractivity contribution in [2.75, 3.05) is 52.9 Å². The van der Waals surface area contributed by atoms with Crippen molar-refractivity contribution < 1.29 is 23.8 Å². The quantitative estimate of drug-likeness (QED) is 0.704. The molecule has 2 unspecified atom stereocenters. The first-order valence-corrected chi connectivity index (χ1v) is 12.1. The van der Waals surface area contributed by atoms with Crippen LogP contribution in [0.2, 0.25) is 0 Å². The van der Waals surface area contributed by atoms with Gasteiger partial charge in [-0.05, 0) is 35.9 Å². The SMILES string of the molecule is CC(=O)N1CCN(CCN(C)C(=O)N2N=C3c4cc(F)ccc4OCC3C2c2cccc(O)c2)CC1. The van der Waals surface area contributed by atoms with Gasteiger partial charge in [-0.25, -0.2) is 14.2 Å². The van der Waals surface area contributed by atoms with Gasteiger partial charge in [-0.3, -0.25) is 9.69 Å². The van der Waals surface area contributed by atoms with Gasteiger partial charge in [0.1, 0.15) is 17.3 Å². The molecule has 2 aromatic rings. The molecule has 2 aromatic carbocycles. The van der Waals surface area contributed by atoms with Gasteiger partial charge in [0.25, 0.3) is 0 Å². The maximum atomic E-state index is 14.1. The highest BCUT2D eigenvalue weighted by molar-refractivity contribution is 6.07. The number of rotatable bonds is 4. The molecular formula is C26H30FN5O4. The lowest BCUT2D eigenvalue weighted by Gasteiger charge is -2.35. The average Bonchev–Trinajstić information content (AvgIpc) is 3.27. The molecular weight excluding hydrogens is 465 g/mol. The number of amides is 3. The molecule has 0 aliphatic carbocycles. The first kappa shape index (κ1) is 24.1. The number of halogens is 1. The minimum absolute atomic E-state index is 0.0833. The molecule has 9 nitrogen and oxygen atoms in total. The van der Waals surface area contributed by atoms with Crippen LogP contribution in [-0.2, 0) is 4.79 Å². The molecule has 0 spiro atoms. The lowest BCUT2D eigenvalue weighted by Crippen LogP contribution is -2.50. The van der Waals surface area contributed by atoms with Gasteiger partial charge in [-0.15, -0.1) is 0 Å². The molecule has 3 aliphatic heterocycles. The lowest BCUT2D eigenvalue weighted by atomic mass is 9.86. The highest BCUT2D eigenvalue weighted by Gasteiger charge is 2.46. The average molecular weight is 496 g/mol. The Balaban J connectivity index is 1.36. The van der Waals surface area contributed by atoms with Crippen molar-refractivity contribution in [3.63, 3.8) is 0 Å². The summed E-state index contributed by atoms with van der Waals surface area (Å²) in [6.45, 7) is 5.93. The van der Waals surface area contributed by atoms with Crippen molar-refractivity contribution in [1.82, 2.24) is 19.7 Å². The fourth-order valence-electron chi connectivity index (χ4n) is 5.10. The summed E-state index contributed by atoms with van der Waals surface area (Å²) in [7, 11) is 1.74. The number of ether oxygens (including phenoxy) is 1. The van der Waals surface area contributed by atoms with Crippen LogP contribution >= 0.6 is 0 Å². The Morgan fingerprint density at radius 3 is 2.67 bits per heavy atom. The Labute approximate surface area is 209 Å². The number of phenolic OH excluding ortho intramolecular Hbond substituents is 1. The van der Waals surface area contributed by atoms with Crippen molar-refractivity contribution in [3.05, 3.63) is 59.4 Å². The van der Waals surface area contributed by atoms with E-state index in [9.17, 15) is 19.1 Å². The van der Waals surface area contributed by atoms with Gasteiger partial charge in [0, 0.05) is 58.8 Å². The first-order chi connectivity index (χ1) is 17.3. The number of carbonyl (C=O) groups excluding carboxylic acids is 2. The molecule has 3 aliphatic rings. The van der Waals surface area contributed by atoms with E-state index in [-0.39, 0.29) is 30.2 Å². The first-order valence-electron chi connectivity index (χ1n) is 12.1. The third kappa shape index (κ3) is 4.60. The van der Waals surface area contributed by atoms with Gasteiger partial charge in [0.15, 0.2) is 0 Å². The summed E-state index contributed by atoms with van der Waals surface area (Å²) in [5.41, 5.74) is 1.87. The van der Waals surface area contributed by atoms with Gasteiger partial charge in [0.05, 0.1) is 24.3 Å². The smallest absolute Gasteiger partial charge is 0.340 e. The minimum atomic E-state index is -0.502. The summed E-state index contributed by atoms with van der Waals surface area (Å²) in [6.07, 6.45) is 0. The van der Waals surface area contributed by atoms with E-state index in [1.54, 1.807) is 43.1 Å². The summed E-state index contributed by atoms with van der Waals surface area (Å²) >= 11 is 0. The molecule has 1 fully saturated rings. The fraction of sp³-hybridized carbons (Fsp3) is 0.423. The third-order valence-electron chi connectivity index (χ3n) is 7.15. The van der Waals surface area contributed by atoms with E-state index < -0.39 is 11.9 Å². The number of piperazine rings is 1. The second-order valence-electron chi connectivity index (χ2n) is 9.48. The molecule has 2 atom stereocenters. The van der Waals surface area contributed by atoms with E-state index in [2.05, 4.69) is 4.90 Å². The normalized spacial score (nSPS) is 21.4. The van der Waals surface area contributed by atoms with Crippen molar-refractivity contribution in [1.29, 1.82) is 0 Å². The summed E-state index contributed by atoms with van der Waals surface area (Å²) in [6, 6.07) is 10.3. The van der Waals surface area contributed by atoms with E-state index in [0.717, 1.165) is 18.7 Å². The van der Waals surface area contributed by atoms with E-state index in [4.69, 9.17) is 9.84 Å². The van der Waals surface area contributed by atoms with Crippen LogP contribution in [0.1, 0.15) is 24.1 Å². The molecule has 1 N–H and O–H groups in total. The molecule has 0 bridgehead atoms. The number of carbonyl (C=O) groups is 2. The monoisotopic (exact) mass is 495 g/mol. The van der Waals surface area contributed by atoms with Gasteiger partial charge in [0.2, 0.25) is 5.91 Å². The van der Waals surface area contributed by atoms with Crippen LogP contribution in [-0.4, -0.2) is 95.4 Å². The number of aromatic hydroxyl groups is 1. The van der Waals surface area contributed by atoms with Gasteiger partial charge in [-0.1, -0.05) is 12.1 Å². The van der Waals surface area contributed by atoms with Crippen molar-refractivity contribution in [2.45, 2.75) is 13.0 Å². The topological polar surface area (TPSA) is 88.9 Å². The number of hydrogen-bond donors (Lipinski definition) is 1. The van der Waals surface area contributed by atoms with E-state index >= 15 is 0 Å². The summed E-state index contributed by atoms with van der Waals surface area (Å²) in [4.78, 5) is 30.9. The van der Waals surface area contributed by atoms with Gasteiger partial charge < -0.3 is 19.6 Å². The predicted molar refractivity (Wildman–Crippen MR) is 131 cm³/mol. The second-order valence-corrected chi connectivity index (χ2v) is 9.48. The number of likely N-dealkylation sites (N-methyl/N-ethyl adjacent to an activating group) is 1. The van der Waals surface area contributed by atoms with Crippen LogP contribution in [0.15, 0.2) is 47.6 Å². The molecule has 3 amide bonds. The number of hydrazone groups is 1. The molecule has 3 heterocycles. The highest BCUT2D eigenvalue weighted by Crippen LogP contribution is 2.43. The molecule has 5 rings (SSSR count). The Bertz CT molecular complexity index is 1200. The van der Waals surface area contributed by atoms with Crippen LogP contribution in [0.3, 0.4) is 0 Å². The Hall–Kier alpha value is -3.66. The summed E-state index contributed by atoms with van der Waals surface area (Å²) in [5.74, 6) is 0.00227. The van der Waals surface area contributed by atoms with Crippen LogP contribution in [0.25, 0.3) is 0 Å². The van der Waals surface area contributed by atoms with Crippen LogP contribution < -0.4 is 4.74 Å². The Morgan fingerprint density at radius 2 is 1.94 bits per heavy atom. The van der Waals surface area contributed by atoms with E-state index in [1.165, 1.54) is 17.1 Å². The van der Waals surface area contributed by atoms with Gasteiger partial charge >= 0.3 is 6.03 Å². The second kappa shape index (κ2) is 9.77. The zero-order chi connectivity index (χ0) is 25.4. The van der Waals surface area contributed by atoms with Crippen molar-refractivity contribution in [3.8, 4) is 11.5 Å². The van der Waals surface area contributed by atoms with Crippen LogP contribution in [0.4, 0.5) is 9.18 Å². The minimum Gasteiger partial charge on any atom is -0.508 e. The maximum Gasteiger partial charge on any atom is 0.340 e. The maximum absolute atomic E-state index is 14.1. The Kier molecular flexibility index (Phi) is 6.53. The number of urea groups is 1. The number of benzene rings is 2. The number of hydrogen-bond acceptors (Lipinski definition) is 6. The van der Waals surface area contributed by atoms with Crippen molar-refractivity contribution in [2.24, 2.45) is 11.0 Å². The molecule has 0 radical (unpaired) electrons. The molecule has 0 aromatic heterocycles. The largest absolute Gasteiger partial charge is 0.508 e. The van der Waals surface area contributed by atoms with E-state index in [1.807, 2.05) is 11.0 Å². The zero-order valence-electron chi connectivity index (χ0n) is 20.4. The molecule has 10 heteroatoms. The van der Waals surface area contributed by atoms with Gasteiger partial charge in [-0.2, -0.15) is 5.10 Å². The lowest BCUT2D eigenvalue weighted by molar-refractivity contribution is -0.130. The molecule has 36 heavy (non-hydrogen) atoms.